The van der Waals surface area contributed by atoms with Gasteiger partial charge in [0.2, 0.25) is 5.91 Å². The minimum Gasteiger partial charge on any atom is -0.484 e. The molecule has 2 amide bonds. The van der Waals surface area contributed by atoms with E-state index in [0.29, 0.717) is 29.7 Å². The topological polar surface area (TPSA) is 58.6 Å². The van der Waals surface area contributed by atoms with Crippen LogP contribution in [0.15, 0.2) is 78.9 Å². The van der Waals surface area contributed by atoms with Gasteiger partial charge in [0.15, 0.2) is 6.61 Å². The first-order valence-corrected chi connectivity index (χ1v) is 12.8. The van der Waals surface area contributed by atoms with Crippen LogP contribution in [-0.2, 0) is 29.0 Å². The number of amides is 2. The highest BCUT2D eigenvalue weighted by atomic mass is 35.5. The summed E-state index contributed by atoms with van der Waals surface area (Å²) in [6.07, 6.45) is 1.33. The molecule has 0 bridgehead atoms. The van der Waals surface area contributed by atoms with Crippen molar-refractivity contribution in [1.29, 1.82) is 0 Å². The van der Waals surface area contributed by atoms with Gasteiger partial charge >= 0.3 is 0 Å². The van der Waals surface area contributed by atoms with E-state index in [-0.39, 0.29) is 25.0 Å². The van der Waals surface area contributed by atoms with E-state index in [9.17, 15) is 9.59 Å². The van der Waals surface area contributed by atoms with E-state index in [4.69, 9.17) is 16.3 Å². The molecule has 0 aliphatic heterocycles. The number of benzene rings is 3. The Labute approximate surface area is 219 Å². The quantitative estimate of drug-likeness (QED) is 0.343. The Bertz CT molecular complexity index is 1100. The summed E-state index contributed by atoms with van der Waals surface area (Å²) in [7, 11) is 0. The number of halogens is 1. The van der Waals surface area contributed by atoms with Gasteiger partial charge in [-0.3, -0.25) is 9.59 Å². The second-order valence-electron chi connectivity index (χ2n) is 9.28. The molecule has 0 aliphatic carbocycles. The first-order valence-electron chi connectivity index (χ1n) is 12.4. The van der Waals surface area contributed by atoms with Gasteiger partial charge in [0.05, 0.1) is 0 Å². The lowest BCUT2D eigenvalue weighted by Gasteiger charge is -2.31. The van der Waals surface area contributed by atoms with Gasteiger partial charge in [-0.05, 0) is 53.3 Å². The highest BCUT2D eigenvalue weighted by Crippen LogP contribution is 2.18. The van der Waals surface area contributed by atoms with Crippen LogP contribution in [0.5, 0.6) is 5.75 Å². The average Bonchev–Trinajstić information content (AvgIpc) is 2.89. The van der Waals surface area contributed by atoms with Gasteiger partial charge in [-0.15, -0.1) is 0 Å². The van der Waals surface area contributed by atoms with Crippen LogP contribution in [0, 0.1) is 5.92 Å². The lowest BCUT2D eigenvalue weighted by Crippen LogP contribution is -2.52. The molecule has 190 valence electrons. The summed E-state index contributed by atoms with van der Waals surface area (Å²) >= 11 is 6.08. The Morgan fingerprint density at radius 1 is 0.889 bits per heavy atom. The molecule has 1 N–H and O–H groups in total. The van der Waals surface area contributed by atoms with Gasteiger partial charge in [-0.2, -0.15) is 0 Å². The van der Waals surface area contributed by atoms with E-state index in [1.54, 1.807) is 17.0 Å². The van der Waals surface area contributed by atoms with E-state index in [1.165, 1.54) is 5.56 Å². The molecule has 0 unspecified atom stereocenters. The van der Waals surface area contributed by atoms with E-state index >= 15 is 0 Å². The average molecular weight is 507 g/mol. The minimum atomic E-state index is -0.694. The lowest BCUT2D eigenvalue weighted by molar-refractivity contribution is -0.142. The molecule has 0 spiro atoms. The second-order valence-corrected chi connectivity index (χ2v) is 9.72. The van der Waals surface area contributed by atoms with Gasteiger partial charge in [0, 0.05) is 24.5 Å². The fourth-order valence-electron chi connectivity index (χ4n) is 3.81. The van der Waals surface area contributed by atoms with Crippen LogP contribution in [0.3, 0.4) is 0 Å². The van der Waals surface area contributed by atoms with Crippen LogP contribution >= 0.6 is 11.6 Å². The monoisotopic (exact) mass is 506 g/mol. The molecule has 0 saturated carbocycles. The first kappa shape index (κ1) is 27.3. The van der Waals surface area contributed by atoms with Crippen LogP contribution in [0.1, 0.15) is 37.5 Å². The summed E-state index contributed by atoms with van der Waals surface area (Å²) in [5.41, 5.74) is 3.06. The molecule has 5 nitrogen and oxygen atoms in total. The van der Waals surface area contributed by atoms with E-state index < -0.39 is 6.04 Å². The number of nitrogens with one attached hydrogen (secondary N) is 1. The van der Waals surface area contributed by atoms with Gasteiger partial charge in [0.25, 0.3) is 5.91 Å². The molecule has 0 fully saturated rings. The molecule has 0 radical (unpaired) electrons. The number of hydrogen-bond donors (Lipinski definition) is 1. The van der Waals surface area contributed by atoms with Gasteiger partial charge in [0.1, 0.15) is 11.8 Å². The maximum absolute atomic E-state index is 13.6. The number of nitrogens with zero attached hydrogens (tertiary/aromatic N) is 1. The molecule has 0 aliphatic rings. The fourth-order valence-corrected chi connectivity index (χ4v) is 3.94. The maximum atomic E-state index is 13.6. The SMILES string of the molecule is CCc1ccc(OCC(=O)N(Cc2ccc(Cl)cc2)[C@@H](Cc2ccccc2)C(=O)NCC(C)C)cc1. The molecule has 0 heterocycles. The van der Waals surface area contributed by atoms with Crippen LogP contribution < -0.4 is 10.1 Å². The molecule has 1 atom stereocenters. The number of hydrogen-bond acceptors (Lipinski definition) is 3. The van der Waals surface area contributed by atoms with Crippen molar-refractivity contribution in [1.82, 2.24) is 10.2 Å². The third kappa shape index (κ3) is 8.42. The van der Waals surface area contributed by atoms with Crippen molar-refractivity contribution in [2.24, 2.45) is 5.92 Å². The van der Waals surface area contributed by atoms with Crippen molar-refractivity contribution in [3.63, 3.8) is 0 Å². The Morgan fingerprint density at radius 2 is 1.53 bits per heavy atom. The molecule has 3 rings (SSSR count). The third-order valence-electron chi connectivity index (χ3n) is 5.92. The van der Waals surface area contributed by atoms with Crippen molar-refractivity contribution in [2.75, 3.05) is 13.2 Å². The van der Waals surface area contributed by atoms with Crippen LogP contribution in [0.2, 0.25) is 5.02 Å². The Kier molecular flexibility index (Phi) is 10.4. The number of rotatable bonds is 12. The number of carbonyl (C=O) groups excluding carboxylic acids is 2. The van der Waals surface area contributed by atoms with Crippen LogP contribution in [0.25, 0.3) is 0 Å². The maximum Gasteiger partial charge on any atom is 0.261 e. The summed E-state index contributed by atoms with van der Waals surface area (Å²) in [6.45, 7) is 6.81. The largest absolute Gasteiger partial charge is 0.484 e. The zero-order chi connectivity index (χ0) is 25.9. The summed E-state index contributed by atoms with van der Waals surface area (Å²) < 4.78 is 5.84. The van der Waals surface area contributed by atoms with Crippen molar-refractivity contribution >= 4 is 23.4 Å². The standard InChI is InChI=1S/C30H35ClN2O3/c1-4-23-12-16-27(17-13-23)36-21-29(34)33(20-25-10-14-26(31)15-11-25)28(30(35)32-19-22(2)3)18-24-8-6-5-7-9-24/h5-17,22,28H,4,18-21H2,1-3H3,(H,32,35)/t28-/m0/s1. The lowest BCUT2D eigenvalue weighted by atomic mass is 10.0. The smallest absolute Gasteiger partial charge is 0.261 e. The van der Waals surface area contributed by atoms with Crippen LogP contribution in [-0.4, -0.2) is 35.9 Å². The number of aryl methyl sites for hydroxylation is 1. The van der Waals surface area contributed by atoms with Crippen molar-refractivity contribution in [2.45, 2.75) is 46.2 Å². The summed E-state index contributed by atoms with van der Waals surface area (Å²) in [5, 5.41) is 3.64. The predicted molar refractivity (Wildman–Crippen MR) is 145 cm³/mol. The molecule has 0 saturated heterocycles. The van der Waals surface area contributed by atoms with Crippen molar-refractivity contribution in [3.05, 3.63) is 101 Å². The molecular formula is C30H35ClN2O3. The molecular weight excluding hydrogens is 472 g/mol. The second kappa shape index (κ2) is 13.7. The minimum absolute atomic E-state index is 0.165. The Hall–Kier alpha value is -3.31. The normalized spacial score (nSPS) is 11.7. The Morgan fingerprint density at radius 3 is 2.14 bits per heavy atom. The molecule has 3 aromatic carbocycles. The van der Waals surface area contributed by atoms with E-state index in [2.05, 4.69) is 12.2 Å². The van der Waals surface area contributed by atoms with Gasteiger partial charge in [-0.1, -0.05) is 87.0 Å². The third-order valence-corrected chi connectivity index (χ3v) is 6.17. The van der Waals surface area contributed by atoms with Crippen molar-refractivity contribution in [3.8, 4) is 5.75 Å². The molecule has 3 aromatic rings. The molecule has 36 heavy (non-hydrogen) atoms. The zero-order valence-electron chi connectivity index (χ0n) is 21.2. The van der Waals surface area contributed by atoms with Gasteiger partial charge < -0.3 is 15.0 Å². The first-order chi connectivity index (χ1) is 17.4. The number of carbonyl (C=O) groups is 2. The summed E-state index contributed by atoms with van der Waals surface area (Å²) in [4.78, 5) is 28.6. The molecule has 6 heteroatoms. The summed E-state index contributed by atoms with van der Waals surface area (Å²) in [5.74, 6) is 0.476. The number of ether oxygens (including phenoxy) is 1. The molecule has 0 aromatic heterocycles. The predicted octanol–water partition coefficient (Wildman–Crippen LogP) is 5.69. The van der Waals surface area contributed by atoms with Crippen LogP contribution in [0.4, 0.5) is 0 Å². The Balaban J connectivity index is 1.87. The van der Waals surface area contributed by atoms with E-state index in [1.807, 2.05) is 80.6 Å². The van der Waals surface area contributed by atoms with Crippen molar-refractivity contribution < 1.29 is 14.3 Å². The van der Waals surface area contributed by atoms with Gasteiger partial charge in [-0.25, -0.2) is 0 Å². The fraction of sp³-hybridized carbons (Fsp3) is 0.333. The highest BCUT2D eigenvalue weighted by molar-refractivity contribution is 6.30. The highest BCUT2D eigenvalue weighted by Gasteiger charge is 2.30. The summed E-state index contributed by atoms with van der Waals surface area (Å²) in [6, 6.07) is 24.1. The van der Waals surface area contributed by atoms with E-state index in [0.717, 1.165) is 17.5 Å². The zero-order valence-corrected chi connectivity index (χ0v) is 22.0.